The predicted octanol–water partition coefficient (Wildman–Crippen LogP) is 2.21. The van der Waals surface area contributed by atoms with Crippen molar-refractivity contribution in [1.82, 2.24) is 0 Å². The van der Waals surface area contributed by atoms with Crippen molar-refractivity contribution in [1.29, 1.82) is 5.26 Å². The Kier molecular flexibility index (Phi) is 4.26. The summed E-state index contributed by atoms with van der Waals surface area (Å²) in [5.41, 5.74) is 0.574. The molecule has 0 unspecified atom stereocenters. The number of hydrogen-bond acceptors (Lipinski definition) is 6. The predicted molar refractivity (Wildman–Crippen MR) is 77.6 cm³/mol. The zero-order valence-electron chi connectivity index (χ0n) is 10.9. The molecule has 2 aromatic rings. The summed E-state index contributed by atoms with van der Waals surface area (Å²) in [5.74, 6) is -0.712. The van der Waals surface area contributed by atoms with Crippen molar-refractivity contribution in [3.8, 4) is 6.07 Å². The fraction of sp³-hybridized carbons (Fsp3) is 0.0769. The Morgan fingerprint density at radius 3 is 2.81 bits per heavy atom. The molecule has 0 spiro atoms. The second-order valence-corrected chi connectivity index (χ2v) is 6.47. The number of rotatable bonds is 4. The maximum Gasteiger partial charge on any atom is 0.349 e. The smallest absolute Gasteiger partial charge is 0.349 e. The molecule has 0 aliphatic heterocycles. The van der Waals surface area contributed by atoms with Crippen LogP contribution in [0.3, 0.4) is 0 Å². The minimum atomic E-state index is -3.93. The molecule has 0 saturated heterocycles. The van der Waals surface area contributed by atoms with Crippen molar-refractivity contribution in [2.45, 2.75) is 4.90 Å². The van der Waals surface area contributed by atoms with Gasteiger partial charge in [-0.15, -0.1) is 11.3 Å². The van der Waals surface area contributed by atoms with Crippen LogP contribution in [0, 0.1) is 11.3 Å². The number of benzene rings is 1. The topological polar surface area (TPSA) is 96.3 Å². The van der Waals surface area contributed by atoms with Crippen molar-refractivity contribution >= 4 is 33.0 Å². The fourth-order valence-electron chi connectivity index (χ4n) is 1.61. The normalized spacial score (nSPS) is 10.7. The molecule has 2 rings (SSSR count). The van der Waals surface area contributed by atoms with Crippen LogP contribution in [-0.2, 0) is 14.8 Å². The zero-order valence-corrected chi connectivity index (χ0v) is 12.5. The summed E-state index contributed by atoms with van der Waals surface area (Å²) < 4.78 is 31.5. The van der Waals surface area contributed by atoms with Crippen molar-refractivity contribution < 1.29 is 17.9 Å². The molecular formula is C13H10N2O4S2. The molecule has 21 heavy (non-hydrogen) atoms. The third kappa shape index (κ3) is 3.21. The van der Waals surface area contributed by atoms with E-state index in [4.69, 9.17) is 5.26 Å². The molecule has 8 heteroatoms. The lowest BCUT2D eigenvalue weighted by atomic mass is 10.2. The molecule has 6 nitrogen and oxygen atoms in total. The third-order valence-corrected chi connectivity index (χ3v) is 4.98. The molecule has 108 valence electrons. The molecule has 0 radical (unpaired) electrons. The number of hydrogen-bond donors (Lipinski definition) is 1. The minimum absolute atomic E-state index is 0.00133. The third-order valence-electron chi connectivity index (χ3n) is 2.53. The molecule has 1 aromatic heterocycles. The molecule has 0 aliphatic rings. The second-order valence-electron chi connectivity index (χ2n) is 3.90. The number of nitrogens with zero attached hydrogens (tertiary/aromatic N) is 1. The van der Waals surface area contributed by atoms with E-state index in [-0.39, 0.29) is 15.5 Å². The number of anilines is 1. The van der Waals surface area contributed by atoms with Crippen LogP contribution in [-0.4, -0.2) is 21.5 Å². The minimum Gasteiger partial charge on any atom is -0.465 e. The maximum atomic E-state index is 12.3. The fourth-order valence-corrected chi connectivity index (χ4v) is 4.00. The zero-order chi connectivity index (χ0) is 15.5. The Balaban J connectivity index is 2.37. The molecule has 0 aliphatic carbocycles. The standard InChI is InChI=1S/C13H10N2O4S2/c1-19-13(16)12-11(5-6-20-12)21(17,18)15-10-4-2-3-9(7-10)8-14/h2-7,15H,1H3. The van der Waals surface area contributed by atoms with Gasteiger partial charge in [0.1, 0.15) is 9.77 Å². The first kappa shape index (κ1) is 15.0. The van der Waals surface area contributed by atoms with E-state index < -0.39 is 16.0 Å². The summed E-state index contributed by atoms with van der Waals surface area (Å²) in [6, 6.07) is 9.29. The summed E-state index contributed by atoms with van der Waals surface area (Å²) in [5, 5.41) is 10.3. The number of sulfonamides is 1. The van der Waals surface area contributed by atoms with Crippen LogP contribution in [0.15, 0.2) is 40.6 Å². The maximum absolute atomic E-state index is 12.3. The van der Waals surface area contributed by atoms with Gasteiger partial charge in [-0.3, -0.25) is 4.72 Å². The molecule has 0 atom stereocenters. The number of carbonyl (C=O) groups excluding carboxylic acids is 1. The number of methoxy groups -OCH3 is 1. The van der Waals surface area contributed by atoms with Crippen LogP contribution in [0.4, 0.5) is 5.69 Å². The molecule has 0 amide bonds. The average molecular weight is 322 g/mol. The first-order valence-electron chi connectivity index (χ1n) is 5.66. The van der Waals surface area contributed by atoms with Gasteiger partial charge in [0.15, 0.2) is 0 Å². The van der Waals surface area contributed by atoms with Gasteiger partial charge in [-0.05, 0) is 29.6 Å². The van der Waals surface area contributed by atoms with Crippen molar-refractivity contribution in [3.63, 3.8) is 0 Å². The Hall–Kier alpha value is -2.37. The van der Waals surface area contributed by atoms with Gasteiger partial charge in [0.25, 0.3) is 10.0 Å². The van der Waals surface area contributed by atoms with Gasteiger partial charge in [0.05, 0.1) is 24.4 Å². The summed E-state index contributed by atoms with van der Waals surface area (Å²) >= 11 is 0.981. The number of thiophene rings is 1. The monoisotopic (exact) mass is 322 g/mol. The van der Waals surface area contributed by atoms with Gasteiger partial charge in [0, 0.05) is 0 Å². The highest BCUT2D eigenvalue weighted by Gasteiger charge is 2.24. The molecule has 0 bridgehead atoms. The number of nitriles is 1. The van der Waals surface area contributed by atoms with Gasteiger partial charge >= 0.3 is 5.97 Å². The van der Waals surface area contributed by atoms with Crippen LogP contribution in [0.2, 0.25) is 0 Å². The number of nitrogens with one attached hydrogen (secondary N) is 1. The molecule has 0 saturated carbocycles. The van der Waals surface area contributed by atoms with Crippen LogP contribution >= 0.6 is 11.3 Å². The van der Waals surface area contributed by atoms with Crippen molar-refractivity contribution in [2.75, 3.05) is 11.8 Å². The Bertz CT molecular complexity index is 819. The molecule has 1 aromatic carbocycles. The van der Waals surface area contributed by atoms with Gasteiger partial charge in [-0.25, -0.2) is 13.2 Å². The van der Waals surface area contributed by atoms with Crippen LogP contribution < -0.4 is 4.72 Å². The molecule has 1 heterocycles. The van der Waals surface area contributed by atoms with E-state index in [1.165, 1.54) is 30.7 Å². The van der Waals surface area contributed by atoms with E-state index in [1.807, 2.05) is 6.07 Å². The van der Waals surface area contributed by atoms with Crippen LogP contribution in [0.1, 0.15) is 15.2 Å². The average Bonchev–Trinajstić information content (AvgIpc) is 2.96. The highest BCUT2D eigenvalue weighted by atomic mass is 32.2. The molecule has 0 fully saturated rings. The Labute approximate surface area is 125 Å². The summed E-state index contributed by atoms with van der Waals surface area (Å²) in [6.07, 6.45) is 0. The van der Waals surface area contributed by atoms with Gasteiger partial charge < -0.3 is 4.74 Å². The van der Waals surface area contributed by atoms with Crippen LogP contribution in [0.5, 0.6) is 0 Å². The van der Waals surface area contributed by atoms with E-state index in [9.17, 15) is 13.2 Å². The summed E-state index contributed by atoms with van der Waals surface area (Å²) in [4.78, 5) is 11.4. The SMILES string of the molecule is COC(=O)c1sccc1S(=O)(=O)Nc1cccc(C#N)c1. The largest absolute Gasteiger partial charge is 0.465 e. The van der Waals surface area contributed by atoms with Crippen molar-refractivity contribution in [3.05, 3.63) is 46.2 Å². The summed E-state index contributed by atoms with van der Waals surface area (Å²) in [7, 11) is -2.75. The number of esters is 1. The lowest BCUT2D eigenvalue weighted by Gasteiger charge is -2.08. The van der Waals surface area contributed by atoms with Gasteiger partial charge in [-0.1, -0.05) is 6.07 Å². The van der Waals surface area contributed by atoms with E-state index in [0.29, 0.717) is 5.56 Å². The lowest BCUT2D eigenvalue weighted by Crippen LogP contribution is -2.15. The number of carbonyl (C=O) groups is 1. The Morgan fingerprint density at radius 2 is 2.14 bits per heavy atom. The van der Waals surface area contributed by atoms with E-state index in [0.717, 1.165) is 11.3 Å². The first-order chi connectivity index (χ1) is 9.97. The molecular weight excluding hydrogens is 312 g/mol. The quantitative estimate of drug-likeness (QED) is 0.871. The molecule has 1 N–H and O–H groups in total. The van der Waals surface area contributed by atoms with Gasteiger partial charge in [0.2, 0.25) is 0 Å². The number of ether oxygens (including phenoxy) is 1. The van der Waals surface area contributed by atoms with E-state index in [2.05, 4.69) is 9.46 Å². The second kappa shape index (κ2) is 5.95. The lowest BCUT2D eigenvalue weighted by molar-refractivity contribution is 0.0602. The highest BCUT2D eigenvalue weighted by Crippen LogP contribution is 2.25. The van der Waals surface area contributed by atoms with Crippen molar-refractivity contribution in [2.24, 2.45) is 0 Å². The van der Waals surface area contributed by atoms with E-state index >= 15 is 0 Å². The van der Waals surface area contributed by atoms with E-state index in [1.54, 1.807) is 12.1 Å². The summed E-state index contributed by atoms with van der Waals surface area (Å²) in [6.45, 7) is 0. The Morgan fingerprint density at radius 1 is 1.38 bits per heavy atom. The van der Waals surface area contributed by atoms with Crippen LogP contribution in [0.25, 0.3) is 0 Å². The highest BCUT2D eigenvalue weighted by molar-refractivity contribution is 7.93. The van der Waals surface area contributed by atoms with Gasteiger partial charge in [-0.2, -0.15) is 5.26 Å². The first-order valence-corrected chi connectivity index (χ1v) is 8.03.